The van der Waals surface area contributed by atoms with Gasteiger partial charge in [0.25, 0.3) is 5.91 Å². The van der Waals surface area contributed by atoms with Gasteiger partial charge in [-0.15, -0.1) is 10.2 Å². The third-order valence-corrected chi connectivity index (χ3v) is 3.63. The second-order valence-corrected chi connectivity index (χ2v) is 5.30. The van der Waals surface area contributed by atoms with Crippen molar-refractivity contribution in [1.29, 1.82) is 0 Å². The fourth-order valence-corrected chi connectivity index (χ4v) is 2.31. The minimum atomic E-state index is -0.258. The summed E-state index contributed by atoms with van der Waals surface area (Å²) in [5, 5.41) is 11.1. The molecule has 7 heteroatoms. The summed E-state index contributed by atoms with van der Waals surface area (Å²) >= 11 is 6.09. The lowest BCUT2D eigenvalue weighted by atomic mass is 10.2. The molecule has 0 aliphatic heterocycles. The summed E-state index contributed by atoms with van der Waals surface area (Å²) in [6.07, 6.45) is 0. The van der Waals surface area contributed by atoms with E-state index in [0.717, 1.165) is 0 Å². The Kier molecular flexibility index (Phi) is 4.77. The lowest BCUT2D eigenvalue weighted by Crippen LogP contribution is -2.22. The zero-order valence-electron chi connectivity index (χ0n) is 12.8. The molecule has 1 heterocycles. The van der Waals surface area contributed by atoms with Crippen LogP contribution in [0.25, 0.3) is 11.5 Å². The van der Waals surface area contributed by atoms with E-state index in [4.69, 9.17) is 20.8 Å². The van der Waals surface area contributed by atoms with Gasteiger partial charge in [-0.05, 0) is 30.3 Å². The lowest BCUT2D eigenvalue weighted by Gasteiger charge is -2.04. The average molecular weight is 344 g/mol. The van der Waals surface area contributed by atoms with Crippen LogP contribution in [0.4, 0.5) is 0 Å². The first-order chi connectivity index (χ1) is 11.7. The Labute approximate surface area is 143 Å². The van der Waals surface area contributed by atoms with Gasteiger partial charge in [-0.25, -0.2) is 0 Å². The van der Waals surface area contributed by atoms with E-state index in [1.165, 1.54) is 0 Å². The first-order valence-electron chi connectivity index (χ1n) is 7.17. The molecule has 0 atom stereocenters. The Bertz CT molecular complexity index is 864. The molecule has 1 amide bonds. The van der Waals surface area contributed by atoms with Gasteiger partial charge in [-0.3, -0.25) is 4.79 Å². The second-order valence-electron chi connectivity index (χ2n) is 4.90. The van der Waals surface area contributed by atoms with Crippen molar-refractivity contribution in [3.63, 3.8) is 0 Å². The molecular formula is C17H14ClN3O3. The highest BCUT2D eigenvalue weighted by molar-refractivity contribution is 6.33. The molecule has 3 aromatic rings. The van der Waals surface area contributed by atoms with Gasteiger partial charge in [0.05, 0.1) is 24.2 Å². The van der Waals surface area contributed by atoms with E-state index in [1.54, 1.807) is 43.5 Å². The minimum absolute atomic E-state index is 0.119. The van der Waals surface area contributed by atoms with Crippen LogP contribution in [-0.2, 0) is 6.54 Å². The molecular weight excluding hydrogens is 330 g/mol. The van der Waals surface area contributed by atoms with Crippen LogP contribution in [0.2, 0.25) is 5.02 Å². The van der Waals surface area contributed by atoms with E-state index < -0.39 is 0 Å². The normalized spacial score (nSPS) is 10.4. The molecule has 0 saturated carbocycles. The molecule has 3 rings (SSSR count). The summed E-state index contributed by atoms with van der Waals surface area (Å²) in [6.45, 7) is 0.119. The van der Waals surface area contributed by atoms with Crippen LogP contribution in [0.15, 0.2) is 52.9 Å². The van der Waals surface area contributed by atoms with Crippen LogP contribution in [0.3, 0.4) is 0 Å². The number of methoxy groups -OCH3 is 1. The molecule has 0 spiro atoms. The minimum Gasteiger partial charge on any atom is -0.497 e. The third-order valence-electron chi connectivity index (χ3n) is 3.30. The van der Waals surface area contributed by atoms with Crippen LogP contribution in [0.5, 0.6) is 5.75 Å². The van der Waals surface area contributed by atoms with Gasteiger partial charge < -0.3 is 14.5 Å². The number of nitrogens with zero attached hydrogens (tertiary/aromatic N) is 2. The molecule has 0 fully saturated rings. The molecule has 24 heavy (non-hydrogen) atoms. The molecule has 1 aromatic heterocycles. The smallest absolute Gasteiger partial charge is 0.251 e. The van der Waals surface area contributed by atoms with Crippen molar-refractivity contribution in [3.05, 3.63) is 65.0 Å². The number of nitrogens with one attached hydrogen (secondary N) is 1. The number of benzene rings is 2. The number of amides is 1. The van der Waals surface area contributed by atoms with E-state index in [-0.39, 0.29) is 12.5 Å². The van der Waals surface area contributed by atoms with Crippen molar-refractivity contribution in [2.75, 3.05) is 7.11 Å². The maximum absolute atomic E-state index is 12.1. The zero-order valence-corrected chi connectivity index (χ0v) is 13.6. The summed E-state index contributed by atoms with van der Waals surface area (Å²) in [5.41, 5.74) is 1.14. The zero-order chi connectivity index (χ0) is 16.9. The van der Waals surface area contributed by atoms with Crippen LogP contribution in [0.1, 0.15) is 16.2 Å². The van der Waals surface area contributed by atoms with Gasteiger partial charge in [-0.1, -0.05) is 29.8 Å². The average Bonchev–Trinajstić information content (AvgIpc) is 3.09. The van der Waals surface area contributed by atoms with Crippen LogP contribution in [-0.4, -0.2) is 23.2 Å². The van der Waals surface area contributed by atoms with Gasteiger partial charge in [-0.2, -0.15) is 0 Å². The molecule has 2 aromatic carbocycles. The Morgan fingerprint density at radius 2 is 2.04 bits per heavy atom. The van der Waals surface area contributed by atoms with Gasteiger partial charge in [0.2, 0.25) is 11.8 Å². The largest absolute Gasteiger partial charge is 0.497 e. The first-order valence-corrected chi connectivity index (χ1v) is 7.54. The first kappa shape index (κ1) is 16.0. The van der Waals surface area contributed by atoms with Crippen molar-refractivity contribution >= 4 is 17.5 Å². The summed E-state index contributed by atoms with van der Waals surface area (Å²) in [6, 6.07) is 14.0. The Morgan fingerprint density at radius 1 is 1.21 bits per heavy atom. The Morgan fingerprint density at radius 3 is 2.83 bits per heavy atom. The number of hydrogen-bond donors (Lipinski definition) is 1. The number of halogens is 1. The second kappa shape index (κ2) is 7.14. The fraction of sp³-hybridized carbons (Fsp3) is 0.118. The predicted molar refractivity (Wildman–Crippen MR) is 88.9 cm³/mol. The summed E-state index contributed by atoms with van der Waals surface area (Å²) in [7, 11) is 1.55. The van der Waals surface area contributed by atoms with Gasteiger partial charge in [0.1, 0.15) is 5.75 Å². The monoisotopic (exact) mass is 343 g/mol. The van der Waals surface area contributed by atoms with Gasteiger partial charge in [0.15, 0.2) is 0 Å². The molecule has 122 valence electrons. The van der Waals surface area contributed by atoms with Crippen LogP contribution < -0.4 is 10.1 Å². The molecule has 0 radical (unpaired) electrons. The van der Waals surface area contributed by atoms with Crippen LogP contribution in [0, 0.1) is 0 Å². The van der Waals surface area contributed by atoms with Gasteiger partial charge in [0, 0.05) is 5.56 Å². The van der Waals surface area contributed by atoms with Crippen molar-refractivity contribution in [2.24, 2.45) is 0 Å². The maximum atomic E-state index is 12.1. The maximum Gasteiger partial charge on any atom is 0.251 e. The van der Waals surface area contributed by atoms with Crippen molar-refractivity contribution in [2.45, 2.75) is 6.54 Å². The molecule has 0 bridgehead atoms. The van der Waals surface area contributed by atoms with E-state index in [2.05, 4.69) is 15.5 Å². The summed E-state index contributed by atoms with van der Waals surface area (Å²) in [5.74, 6) is 0.959. The highest BCUT2D eigenvalue weighted by atomic mass is 35.5. The number of rotatable bonds is 5. The molecule has 0 saturated heterocycles. The third kappa shape index (κ3) is 3.55. The molecule has 6 nitrogen and oxygen atoms in total. The number of aromatic nitrogens is 2. The van der Waals surface area contributed by atoms with Crippen molar-refractivity contribution in [3.8, 4) is 17.2 Å². The lowest BCUT2D eigenvalue weighted by molar-refractivity contribution is 0.0947. The van der Waals surface area contributed by atoms with Crippen molar-refractivity contribution < 1.29 is 13.9 Å². The highest BCUT2D eigenvalue weighted by Crippen LogP contribution is 2.26. The quantitative estimate of drug-likeness (QED) is 0.768. The van der Waals surface area contributed by atoms with Gasteiger partial charge >= 0.3 is 0 Å². The highest BCUT2D eigenvalue weighted by Gasteiger charge is 2.13. The SMILES string of the molecule is COc1cccc(C(=O)NCc2nnc(-c3ccccc3Cl)o2)c1. The fourth-order valence-electron chi connectivity index (χ4n) is 2.09. The van der Waals surface area contributed by atoms with E-state index in [1.807, 2.05) is 12.1 Å². The number of ether oxygens (including phenoxy) is 1. The molecule has 1 N–H and O–H groups in total. The Hall–Kier alpha value is -2.86. The predicted octanol–water partition coefficient (Wildman–Crippen LogP) is 3.33. The van der Waals surface area contributed by atoms with Crippen LogP contribution >= 0.6 is 11.6 Å². The number of carbonyl (C=O) groups excluding carboxylic acids is 1. The number of hydrogen-bond acceptors (Lipinski definition) is 5. The summed E-state index contributed by atoms with van der Waals surface area (Å²) in [4.78, 5) is 12.1. The molecule has 0 unspecified atom stereocenters. The summed E-state index contributed by atoms with van der Waals surface area (Å²) < 4.78 is 10.6. The standard InChI is InChI=1S/C17H14ClN3O3/c1-23-12-6-4-5-11(9-12)16(22)19-10-15-20-21-17(24-15)13-7-2-3-8-14(13)18/h2-9H,10H2,1H3,(H,19,22). The molecule has 0 aliphatic rings. The van der Waals surface area contributed by atoms with Crippen molar-refractivity contribution in [1.82, 2.24) is 15.5 Å². The van der Waals surface area contributed by atoms with E-state index >= 15 is 0 Å². The van der Waals surface area contributed by atoms with E-state index in [0.29, 0.717) is 33.7 Å². The Balaban J connectivity index is 1.67. The number of carbonyl (C=O) groups is 1. The van der Waals surface area contributed by atoms with E-state index in [9.17, 15) is 4.79 Å². The topological polar surface area (TPSA) is 77.2 Å². The molecule has 0 aliphatic carbocycles.